The van der Waals surface area contributed by atoms with Crippen molar-refractivity contribution < 1.29 is 0 Å². The molecular weight excluding hydrogens is 200 g/mol. The lowest BCUT2D eigenvalue weighted by Crippen LogP contribution is -2.35. The molecule has 0 rings (SSSR count). The van der Waals surface area contributed by atoms with Gasteiger partial charge >= 0.3 is 0 Å². The number of guanidine groups is 1. The SMILES string of the molecule is CN=C(NC)NCCCCCCCN(C)C. The minimum Gasteiger partial charge on any atom is -0.359 e. The van der Waals surface area contributed by atoms with Crippen molar-refractivity contribution >= 4 is 5.96 Å². The van der Waals surface area contributed by atoms with E-state index in [1.54, 1.807) is 7.05 Å². The zero-order valence-electron chi connectivity index (χ0n) is 11.3. The van der Waals surface area contributed by atoms with Crippen LogP contribution in [0.1, 0.15) is 32.1 Å². The van der Waals surface area contributed by atoms with Gasteiger partial charge in [0, 0.05) is 20.6 Å². The first-order valence-corrected chi connectivity index (χ1v) is 6.24. The maximum absolute atomic E-state index is 4.06. The number of nitrogens with one attached hydrogen (secondary N) is 2. The normalized spacial score (nSPS) is 11.9. The number of nitrogens with zero attached hydrogens (tertiary/aromatic N) is 2. The highest BCUT2D eigenvalue weighted by molar-refractivity contribution is 5.79. The van der Waals surface area contributed by atoms with Crippen LogP contribution in [0.2, 0.25) is 0 Å². The zero-order chi connectivity index (χ0) is 12.2. The number of rotatable bonds is 8. The molecule has 0 aliphatic heterocycles. The zero-order valence-corrected chi connectivity index (χ0v) is 11.3. The monoisotopic (exact) mass is 228 g/mol. The Hall–Kier alpha value is -0.770. The summed E-state index contributed by atoms with van der Waals surface area (Å²) >= 11 is 0. The third-order valence-corrected chi connectivity index (χ3v) is 2.53. The summed E-state index contributed by atoms with van der Waals surface area (Å²) in [6.07, 6.45) is 6.54. The fourth-order valence-electron chi connectivity index (χ4n) is 1.57. The molecule has 96 valence electrons. The van der Waals surface area contributed by atoms with E-state index in [-0.39, 0.29) is 0 Å². The molecule has 0 aromatic carbocycles. The van der Waals surface area contributed by atoms with Crippen molar-refractivity contribution in [2.45, 2.75) is 32.1 Å². The molecule has 0 bridgehead atoms. The number of hydrogen-bond acceptors (Lipinski definition) is 2. The van der Waals surface area contributed by atoms with Gasteiger partial charge in [0.25, 0.3) is 0 Å². The van der Waals surface area contributed by atoms with Gasteiger partial charge in [0.05, 0.1) is 0 Å². The molecule has 0 spiro atoms. The maximum atomic E-state index is 4.06. The number of unbranched alkanes of at least 4 members (excludes halogenated alkanes) is 4. The molecule has 0 unspecified atom stereocenters. The predicted octanol–water partition coefficient (Wildman–Crippen LogP) is 1.29. The summed E-state index contributed by atoms with van der Waals surface area (Å²) < 4.78 is 0. The van der Waals surface area contributed by atoms with E-state index in [2.05, 4.69) is 34.6 Å². The molecule has 2 N–H and O–H groups in total. The van der Waals surface area contributed by atoms with Crippen molar-refractivity contribution in [1.29, 1.82) is 0 Å². The van der Waals surface area contributed by atoms with Crippen LogP contribution in [0.4, 0.5) is 0 Å². The molecule has 4 nitrogen and oxygen atoms in total. The fraction of sp³-hybridized carbons (Fsp3) is 0.917. The van der Waals surface area contributed by atoms with E-state index in [1.165, 1.54) is 38.6 Å². The van der Waals surface area contributed by atoms with E-state index >= 15 is 0 Å². The fourth-order valence-corrected chi connectivity index (χ4v) is 1.57. The molecule has 0 atom stereocenters. The first-order valence-electron chi connectivity index (χ1n) is 6.24. The van der Waals surface area contributed by atoms with Crippen molar-refractivity contribution in [3.05, 3.63) is 0 Å². The summed E-state index contributed by atoms with van der Waals surface area (Å²) in [5.74, 6) is 0.882. The van der Waals surface area contributed by atoms with Gasteiger partial charge in [-0.1, -0.05) is 19.3 Å². The standard InChI is InChI=1S/C12H28N4/c1-13-12(14-2)15-10-8-6-5-7-9-11-16(3)4/h5-11H2,1-4H3,(H2,13,14,15). The second-order valence-electron chi connectivity index (χ2n) is 4.32. The molecule has 0 amide bonds. The average Bonchev–Trinajstić information content (AvgIpc) is 2.27. The van der Waals surface area contributed by atoms with Crippen LogP contribution in [0, 0.1) is 0 Å². The Labute approximate surface area is 101 Å². The van der Waals surface area contributed by atoms with Crippen LogP contribution >= 0.6 is 0 Å². The molecule has 0 aliphatic carbocycles. The van der Waals surface area contributed by atoms with E-state index in [1.807, 2.05) is 7.05 Å². The largest absolute Gasteiger partial charge is 0.359 e. The summed E-state index contributed by atoms with van der Waals surface area (Å²) in [7, 11) is 7.94. The molecule has 0 saturated carbocycles. The van der Waals surface area contributed by atoms with Gasteiger partial charge in [-0.15, -0.1) is 0 Å². The maximum Gasteiger partial charge on any atom is 0.190 e. The molecule has 4 heteroatoms. The van der Waals surface area contributed by atoms with Gasteiger partial charge in [-0.05, 0) is 33.5 Å². The highest BCUT2D eigenvalue weighted by Gasteiger charge is 1.94. The second-order valence-corrected chi connectivity index (χ2v) is 4.32. The topological polar surface area (TPSA) is 39.7 Å². The summed E-state index contributed by atoms with van der Waals surface area (Å²) in [4.78, 5) is 6.31. The molecule has 0 aromatic rings. The van der Waals surface area contributed by atoms with E-state index in [0.717, 1.165) is 12.5 Å². The van der Waals surface area contributed by atoms with Crippen LogP contribution in [-0.2, 0) is 0 Å². The second kappa shape index (κ2) is 10.7. The Morgan fingerprint density at radius 2 is 1.69 bits per heavy atom. The van der Waals surface area contributed by atoms with Crippen molar-refractivity contribution in [3.8, 4) is 0 Å². The molecule has 16 heavy (non-hydrogen) atoms. The van der Waals surface area contributed by atoms with E-state index in [9.17, 15) is 0 Å². The Morgan fingerprint density at radius 1 is 1.06 bits per heavy atom. The van der Waals surface area contributed by atoms with Gasteiger partial charge in [-0.2, -0.15) is 0 Å². The predicted molar refractivity (Wildman–Crippen MR) is 72.1 cm³/mol. The van der Waals surface area contributed by atoms with Crippen LogP contribution in [0.5, 0.6) is 0 Å². The smallest absolute Gasteiger partial charge is 0.190 e. The third kappa shape index (κ3) is 9.77. The summed E-state index contributed by atoms with van der Waals surface area (Å²) in [6.45, 7) is 2.23. The van der Waals surface area contributed by atoms with Crippen LogP contribution < -0.4 is 10.6 Å². The lowest BCUT2D eigenvalue weighted by Gasteiger charge is -2.09. The Morgan fingerprint density at radius 3 is 2.25 bits per heavy atom. The summed E-state index contributed by atoms with van der Waals surface area (Å²) in [6, 6.07) is 0. The van der Waals surface area contributed by atoms with Crippen molar-refractivity contribution in [1.82, 2.24) is 15.5 Å². The van der Waals surface area contributed by atoms with Crippen LogP contribution in [-0.4, -0.2) is 52.1 Å². The Kier molecular flexibility index (Phi) is 10.2. The molecule has 0 saturated heterocycles. The molecule has 0 aliphatic rings. The summed E-state index contributed by atoms with van der Waals surface area (Å²) in [5, 5.41) is 6.27. The first kappa shape index (κ1) is 15.2. The molecule has 0 heterocycles. The highest BCUT2D eigenvalue weighted by Crippen LogP contribution is 2.02. The molecular formula is C12H28N4. The first-order chi connectivity index (χ1) is 7.70. The van der Waals surface area contributed by atoms with Gasteiger partial charge in [0.15, 0.2) is 5.96 Å². The van der Waals surface area contributed by atoms with Gasteiger partial charge in [-0.3, -0.25) is 4.99 Å². The molecule has 0 radical (unpaired) electrons. The number of hydrogen-bond donors (Lipinski definition) is 2. The quantitative estimate of drug-likeness (QED) is 0.374. The Bertz CT molecular complexity index is 178. The highest BCUT2D eigenvalue weighted by atomic mass is 15.1. The minimum atomic E-state index is 0.882. The van der Waals surface area contributed by atoms with Crippen molar-refractivity contribution in [3.63, 3.8) is 0 Å². The van der Waals surface area contributed by atoms with Gasteiger partial charge in [0.1, 0.15) is 0 Å². The van der Waals surface area contributed by atoms with E-state index in [0.29, 0.717) is 0 Å². The van der Waals surface area contributed by atoms with E-state index < -0.39 is 0 Å². The minimum absolute atomic E-state index is 0.882. The van der Waals surface area contributed by atoms with E-state index in [4.69, 9.17) is 0 Å². The van der Waals surface area contributed by atoms with Crippen LogP contribution in [0.15, 0.2) is 4.99 Å². The van der Waals surface area contributed by atoms with Crippen LogP contribution in [0.3, 0.4) is 0 Å². The Balaban J connectivity index is 3.15. The van der Waals surface area contributed by atoms with Gasteiger partial charge in [0.2, 0.25) is 0 Å². The lowest BCUT2D eigenvalue weighted by atomic mass is 10.1. The molecule has 0 fully saturated rings. The van der Waals surface area contributed by atoms with Gasteiger partial charge in [-0.25, -0.2) is 0 Å². The third-order valence-electron chi connectivity index (χ3n) is 2.53. The van der Waals surface area contributed by atoms with Gasteiger partial charge < -0.3 is 15.5 Å². The van der Waals surface area contributed by atoms with Crippen molar-refractivity contribution in [2.75, 3.05) is 41.3 Å². The van der Waals surface area contributed by atoms with Crippen LogP contribution in [0.25, 0.3) is 0 Å². The van der Waals surface area contributed by atoms with Crippen molar-refractivity contribution in [2.24, 2.45) is 4.99 Å². The molecule has 0 aromatic heterocycles. The lowest BCUT2D eigenvalue weighted by molar-refractivity contribution is 0.389. The summed E-state index contributed by atoms with van der Waals surface area (Å²) in [5.41, 5.74) is 0. The number of aliphatic imine (C=N–C) groups is 1. The average molecular weight is 228 g/mol.